The molecule has 0 aliphatic rings. The molecule has 164 valence electrons. The number of rotatable bonds is 6. The van der Waals surface area contributed by atoms with Gasteiger partial charge in [0.2, 0.25) is 0 Å². The van der Waals surface area contributed by atoms with E-state index in [1.54, 1.807) is 18.2 Å². The number of benzene rings is 3. The minimum Gasteiger partial charge on any atom is -0.495 e. The topological polar surface area (TPSA) is 99.2 Å². The Morgan fingerprint density at radius 1 is 0.938 bits per heavy atom. The fourth-order valence-corrected chi connectivity index (χ4v) is 2.96. The molecule has 0 atom stereocenters. The normalized spacial score (nSPS) is 10.2. The number of para-hydroxylation sites is 1. The number of hydrogen-bond donors (Lipinski definition) is 3. The van der Waals surface area contributed by atoms with Gasteiger partial charge in [0.15, 0.2) is 0 Å². The van der Waals surface area contributed by atoms with Gasteiger partial charge in [0, 0.05) is 5.56 Å². The predicted molar refractivity (Wildman–Crippen MR) is 121 cm³/mol. The lowest BCUT2D eigenvalue weighted by Crippen LogP contribution is -2.27. The van der Waals surface area contributed by atoms with Crippen molar-refractivity contribution in [3.05, 3.63) is 83.9 Å². The number of carbonyl (C=O) groups excluding carboxylic acids is 2. The van der Waals surface area contributed by atoms with Crippen molar-refractivity contribution in [2.75, 3.05) is 21.9 Å². The average molecular weight is 455 g/mol. The molecule has 2 N–H and O–H groups in total. The summed E-state index contributed by atoms with van der Waals surface area (Å²) in [6.07, 6.45) is 0. The van der Waals surface area contributed by atoms with Crippen LogP contribution in [0.2, 0.25) is 0 Å². The SMILES string of the molecule is COc1ccc(C(=O)N(F)c2ccccc2)cc1NC(=O)N(S)c1cccc(C(=O)O)c1. The lowest BCUT2D eigenvalue weighted by Gasteiger charge is -2.19. The highest BCUT2D eigenvalue weighted by Gasteiger charge is 2.21. The molecule has 0 bridgehead atoms. The van der Waals surface area contributed by atoms with E-state index in [1.807, 2.05) is 0 Å². The Kier molecular flexibility index (Phi) is 6.96. The van der Waals surface area contributed by atoms with Gasteiger partial charge in [0.05, 0.1) is 29.7 Å². The first kappa shape index (κ1) is 22.6. The van der Waals surface area contributed by atoms with Gasteiger partial charge in [-0.25, -0.2) is 13.9 Å². The van der Waals surface area contributed by atoms with E-state index in [1.165, 1.54) is 61.7 Å². The smallest absolute Gasteiger partial charge is 0.336 e. The third kappa shape index (κ3) is 4.98. The van der Waals surface area contributed by atoms with Crippen LogP contribution >= 0.6 is 12.8 Å². The Labute approximate surface area is 188 Å². The van der Waals surface area contributed by atoms with E-state index in [4.69, 9.17) is 9.84 Å². The van der Waals surface area contributed by atoms with Crippen molar-refractivity contribution in [3.63, 3.8) is 0 Å². The van der Waals surface area contributed by atoms with Gasteiger partial charge in [0.25, 0.3) is 5.91 Å². The molecule has 3 aromatic carbocycles. The summed E-state index contributed by atoms with van der Waals surface area (Å²) in [5, 5.41) is 11.6. The van der Waals surface area contributed by atoms with Crippen molar-refractivity contribution in [1.82, 2.24) is 0 Å². The fourth-order valence-electron chi connectivity index (χ4n) is 2.78. The first-order valence-electron chi connectivity index (χ1n) is 9.18. The van der Waals surface area contributed by atoms with E-state index in [2.05, 4.69) is 18.1 Å². The van der Waals surface area contributed by atoms with Crippen LogP contribution in [0.5, 0.6) is 5.75 Å². The Morgan fingerprint density at radius 3 is 2.28 bits per heavy atom. The molecule has 0 spiro atoms. The van der Waals surface area contributed by atoms with Crippen molar-refractivity contribution >= 4 is 47.8 Å². The van der Waals surface area contributed by atoms with E-state index in [0.29, 0.717) is 0 Å². The minimum atomic E-state index is -1.16. The molecule has 0 unspecified atom stereocenters. The summed E-state index contributed by atoms with van der Waals surface area (Å²) in [6, 6.07) is 16.7. The number of amides is 3. The molecule has 0 aromatic heterocycles. The van der Waals surface area contributed by atoms with Gasteiger partial charge < -0.3 is 15.2 Å². The highest BCUT2D eigenvalue weighted by atomic mass is 32.1. The zero-order valence-electron chi connectivity index (χ0n) is 16.7. The van der Waals surface area contributed by atoms with Crippen LogP contribution in [0, 0.1) is 0 Å². The summed E-state index contributed by atoms with van der Waals surface area (Å²) in [7, 11) is 1.37. The molecular weight excluding hydrogens is 437 g/mol. The van der Waals surface area contributed by atoms with E-state index < -0.39 is 17.9 Å². The van der Waals surface area contributed by atoms with Crippen LogP contribution in [0.25, 0.3) is 0 Å². The molecule has 0 saturated heterocycles. The molecule has 0 aliphatic carbocycles. The average Bonchev–Trinajstić information content (AvgIpc) is 2.83. The second-order valence-corrected chi connectivity index (χ2v) is 6.83. The third-order valence-electron chi connectivity index (χ3n) is 4.38. The van der Waals surface area contributed by atoms with Crippen LogP contribution in [0.15, 0.2) is 72.8 Å². The third-order valence-corrected chi connectivity index (χ3v) is 4.79. The highest BCUT2D eigenvalue weighted by Crippen LogP contribution is 2.29. The second kappa shape index (κ2) is 9.84. The summed E-state index contributed by atoms with van der Waals surface area (Å²) in [4.78, 5) is 36.4. The number of nitrogens with zero attached hydrogens (tertiary/aromatic N) is 2. The van der Waals surface area contributed by atoms with Crippen LogP contribution in [0.3, 0.4) is 0 Å². The van der Waals surface area contributed by atoms with Gasteiger partial charge in [-0.3, -0.25) is 4.79 Å². The maximum absolute atomic E-state index is 14.5. The van der Waals surface area contributed by atoms with Gasteiger partial charge in [0.1, 0.15) is 5.75 Å². The molecule has 8 nitrogen and oxygen atoms in total. The molecule has 10 heteroatoms. The fraction of sp³-hybridized carbons (Fsp3) is 0.0455. The van der Waals surface area contributed by atoms with Gasteiger partial charge in [-0.1, -0.05) is 41.6 Å². The molecule has 32 heavy (non-hydrogen) atoms. The Morgan fingerprint density at radius 2 is 1.62 bits per heavy atom. The number of aromatic carboxylic acids is 1. The summed E-state index contributed by atoms with van der Waals surface area (Å²) in [5.41, 5.74) is 0.294. The van der Waals surface area contributed by atoms with Gasteiger partial charge in [-0.15, -0.1) is 5.12 Å². The van der Waals surface area contributed by atoms with Gasteiger partial charge in [-0.05, 0) is 48.5 Å². The molecule has 0 heterocycles. The van der Waals surface area contributed by atoms with E-state index >= 15 is 0 Å². The minimum absolute atomic E-state index is 0.00424. The monoisotopic (exact) mass is 455 g/mol. The number of ether oxygens (including phenoxy) is 1. The van der Waals surface area contributed by atoms with Crippen molar-refractivity contribution in [2.45, 2.75) is 0 Å². The standard InChI is InChI=1S/C22H18FN3O5S/c1-31-19-11-10-14(20(27)25(23)16-7-3-2-4-8-16)13-18(19)24-22(30)26(32)17-9-5-6-15(12-17)21(28)29/h2-13,32H,1H3,(H,24,30)(H,28,29). The molecule has 0 aliphatic heterocycles. The molecule has 3 rings (SSSR count). The summed E-state index contributed by atoms with van der Waals surface area (Å²) >= 11 is 4.12. The van der Waals surface area contributed by atoms with Crippen molar-refractivity contribution in [1.29, 1.82) is 0 Å². The maximum atomic E-state index is 14.5. The number of anilines is 3. The lowest BCUT2D eigenvalue weighted by atomic mass is 10.1. The number of carboxylic acids is 1. The quantitative estimate of drug-likeness (QED) is 0.366. The van der Waals surface area contributed by atoms with E-state index in [0.717, 1.165) is 4.31 Å². The number of carboxylic acid groups (broad SMARTS) is 1. The number of methoxy groups -OCH3 is 1. The highest BCUT2D eigenvalue weighted by molar-refractivity contribution is 7.82. The predicted octanol–water partition coefficient (Wildman–Crippen LogP) is 4.81. The lowest BCUT2D eigenvalue weighted by molar-refractivity contribution is 0.0696. The van der Waals surface area contributed by atoms with Crippen molar-refractivity contribution < 1.29 is 28.7 Å². The number of urea groups is 1. The Balaban J connectivity index is 1.84. The number of carbonyl (C=O) groups is 3. The first-order valence-corrected chi connectivity index (χ1v) is 9.58. The molecule has 0 saturated carbocycles. The summed E-state index contributed by atoms with van der Waals surface area (Å²) < 4.78 is 20.6. The summed E-state index contributed by atoms with van der Waals surface area (Å²) in [5.74, 6) is -1.87. The van der Waals surface area contributed by atoms with Gasteiger partial charge >= 0.3 is 12.0 Å². The van der Waals surface area contributed by atoms with Crippen molar-refractivity contribution in [2.24, 2.45) is 0 Å². The zero-order chi connectivity index (χ0) is 23.3. The number of nitrogens with one attached hydrogen (secondary N) is 1. The first-order chi connectivity index (χ1) is 15.3. The van der Waals surface area contributed by atoms with E-state index in [-0.39, 0.29) is 39.1 Å². The Hall–Kier alpha value is -4.05. The van der Waals surface area contributed by atoms with Crippen LogP contribution in [0.1, 0.15) is 20.7 Å². The number of hydrogen-bond acceptors (Lipinski definition) is 5. The second-order valence-electron chi connectivity index (χ2n) is 6.43. The van der Waals surface area contributed by atoms with E-state index in [9.17, 15) is 18.9 Å². The summed E-state index contributed by atoms with van der Waals surface area (Å²) in [6.45, 7) is 0. The molecule has 0 radical (unpaired) electrons. The molecular formula is C22H18FN3O5S. The van der Waals surface area contributed by atoms with Crippen LogP contribution < -0.4 is 19.5 Å². The van der Waals surface area contributed by atoms with Crippen LogP contribution in [-0.4, -0.2) is 30.1 Å². The molecule has 0 fully saturated rings. The number of halogens is 1. The Bertz CT molecular complexity index is 1160. The van der Waals surface area contributed by atoms with Crippen molar-refractivity contribution in [3.8, 4) is 5.75 Å². The zero-order valence-corrected chi connectivity index (χ0v) is 17.6. The number of thiol groups is 1. The molecule has 3 aromatic rings. The molecule has 3 amide bonds. The maximum Gasteiger partial charge on any atom is 0.336 e. The van der Waals surface area contributed by atoms with Crippen LogP contribution in [0.4, 0.5) is 26.3 Å². The largest absolute Gasteiger partial charge is 0.495 e. The van der Waals surface area contributed by atoms with Crippen LogP contribution in [-0.2, 0) is 0 Å². The van der Waals surface area contributed by atoms with Gasteiger partial charge in [-0.2, -0.15) is 0 Å².